The number of aromatic nitrogens is 1. The van der Waals surface area contributed by atoms with E-state index in [0.29, 0.717) is 25.5 Å². The maximum absolute atomic E-state index is 11.8. The largest absolute Gasteiger partial charge is 0.376 e. The van der Waals surface area contributed by atoms with Gasteiger partial charge in [-0.15, -0.1) is 6.58 Å². The van der Waals surface area contributed by atoms with Gasteiger partial charge in [-0.2, -0.15) is 0 Å². The molecule has 1 amide bonds. The van der Waals surface area contributed by atoms with E-state index in [0.717, 1.165) is 5.56 Å². The summed E-state index contributed by atoms with van der Waals surface area (Å²) in [5.74, 6) is -0.116. The topological polar surface area (TPSA) is 64.4 Å². The molecule has 1 heterocycles. The molecule has 1 aromatic heterocycles. The first-order chi connectivity index (χ1) is 9.81. The van der Waals surface area contributed by atoms with Gasteiger partial charge in [-0.1, -0.05) is 41.6 Å². The second-order valence-electron chi connectivity index (χ2n) is 4.06. The Hall–Kier alpha value is -2.40. The summed E-state index contributed by atoms with van der Waals surface area (Å²) in [6, 6.07) is 11.2. The summed E-state index contributed by atoms with van der Waals surface area (Å²) in [4.78, 5) is 11.8. The van der Waals surface area contributed by atoms with E-state index in [2.05, 4.69) is 17.1 Å². The van der Waals surface area contributed by atoms with Crippen LogP contribution in [0.1, 0.15) is 10.6 Å². The molecule has 1 N–H and O–H groups in total. The first kappa shape index (κ1) is 14.0. The second-order valence-corrected chi connectivity index (χ2v) is 4.06. The number of carbonyl (C=O) groups excluding carboxylic acids is 1. The molecule has 1 aromatic carbocycles. The fraction of sp³-hybridized carbons (Fsp3) is 0.200. The predicted molar refractivity (Wildman–Crippen MR) is 75.3 cm³/mol. The zero-order valence-electron chi connectivity index (χ0n) is 11.0. The van der Waals surface area contributed by atoms with Gasteiger partial charge < -0.3 is 14.6 Å². The molecule has 0 aliphatic rings. The molecule has 0 unspecified atom stereocenters. The number of hydrogen-bond acceptors (Lipinski definition) is 4. The van der Waals surface area contributed by atoms with E-state index in [1.165, 1.54) is 0 Å². The minimum Gasteiger partial charge on any atom is -0.376 e. The maximum Gasteiger partial charge on any atom is 0.289 e. The van der Waals surface area contributed by atoms with Gasteiger partial charge in [0, 0.05) is 18.2 Å². The van der Waals surface area contributed by atoms with E-state index in [-0.39, 0.29) is 11.7 Å². The molecule has 0 saturated heterocycles. The predicted octanol–water partition coefficient (Wildman–Crippen LogP) is 2.27. The number of nitrogens with one attached hydrogen (secondary N) is 1. The first-order valence-electron chi connectivity index (χ1n) is 6.30. The average molecular weight is 272 g/mol. The highest BCUT2D eigenvalue weighted by atomic mass is 16.5. The normalized spacial score (nSPS) is 10.2. The molecule has 2 aromatic rings. The van der Waals surface area contributed by atoms with Gasteiger partial charge in [-0.25, -0.2) is 0 Å². The van der Waals surface area contributed by atoms with Crippen LogP contribution < -0.4 is 5.32 Å². The van der Waals surface area contributed by atoms with Gasteiger partial charge in [0.2, 0.25) is 5.76 Å². The van der Waals surface area contributed by atoms with Crippen LogP contribution >= 0.6 is 0 Å². The van der Waals surface area contributed by atoms with Gasteiger partial charge >= 0.3 is 0 Å². The smallest absolute Gasteiger partial charge is 0.289 e. The van der Waals surface area contributed by atoms with Crippen molar-refractivity contribution in [2.45, 2.75) is 0 Å². The molecule has 0 atom stereocenters. The first-order valence-corrected chi connectivity index (χ1v) is 6.30. The van der Waals surface area contributed by atoms with Gasteiger partial charge in [-0.05, 0) is 0 Å². The van der Waals surface area contributed by atoms with Crippen molar-refractivity contribution < 1.29 is 14.1 Å². The van der Waals surface area contributed by atoms with E-state index >= 15 is 0 Å². The molecular formula is C15H16N2O3. The van der Waals surface area contributed by atoms with Crippen LogP contribution in [0.25, 0.3) is 11.3 Å². The summed E-state index contributed by atoms with van der Waals surface area (Å²) >= 11 is 0. The SMILES string of the molecule is C=CCOCCNC(=O)c1cc(-c2ccccc2)no1. The van der Waals surface area contributed by atoms with Gasteiger partial charge in [-0.3, -0.25) is 4.79 Å². The summed E-state index contributed by atoms with van der Waals surface area (Å²) in [5, 5.41) is 6.58. The van der Waals surface area contributed by atoms with Gasteiger partial charge in [0.05, 0.1) is 13.2 Å². The number of rotatable bonds is 7. The minimum atomic E-state index is -0.304. The third-order valence-electron chi connectivity index (χ3n) is 2.57. The Bertz CT molecular complexity index is 564. The number of amides is 1. The Morgan fingerprint density at radius 1 is 1.40 bits per heavy atom. The Balaban J connectivity index is 1.88. The molecule has 20 heavy (non-hydrogen) atoms. The minimum absolute atomic E-state index is 0.188. The third kappa shape index (κ3) is 3.80. The number of benzene rings is 1. The molecule has 0 radical (unpaired) electrons. The lowest BCUT2D eigenvalue weighted by Gasteiger charge is -2.02. The lowest BCUT2D eigenvalue weighted by atomic mass is 10.1. The highest BCUT2D eigenvalue weighted by Gasteiger charge is 2.13. The van der Waals surface area contributed by atoms with Crippen molar-refractivity contribution in [1.82, 2.24) is 10.5 Å². The van der Waals surface area contributed by atoms with Crippen LogP contribution in [0.15, 0.2) is 53.6 Å². The number of carbonyl (C=O) groups is 1. The Kier molecular flexibility index (Phi) is 5.08. The van der Waals surface area contributed by atoms with E-state index in [9.17, 15) is 4.79 Å². The molecule has 5 nitrogen and oxygen atoms in total. The van der Waals surface area contributed by atoms with Crippen LogP contribution in [-0.2, 0) is 4.74 Å². The molecule has 2 rings (SSSR count). The van der Waals surface area contributed by atoms with Crippen molar-refractivity contribution in [2.24, 2.45) is 0 Å². The van der Waals surface area contributed by atoms with E-state index < -0.39 is 0 Å². The van der Waals surface area contributed by atoms with E-state index in [1.54, 1.807) is 12.1 Å². The second kappa shape index (κ2) is 7.25. The molecule has 5 heteroatoms. The molecule has 104 valence electrons. The number of nitrogens with zero attached hydrogens (tertiary/aromatic N) is 1. The summed E-state index contributed by atoms with van der Waals surface area (Å²) in [5.41, 5.74) is 1.54. The van der Waals surface area contributed by atoms with Crippen molar-refractivity contribution in [2.75, 3.05) is 19.8 Å². The molecule has 0 aliphatic carbocycles. The Morgan fingerprint density at radius 2 is 2.20 bits per heavy atom. The van der Waals surface area contributed by atoms with Crippen LogP contribution in [0.2, 0.25) is 0 Å². The van der Waals surface area contributed by atoms with Crippen molar-refractivity contribution in [3.63, 3.8) is 0 Å². The lowest BCUT2D eigenvalue weighted by molar-refractivity contribution is 0.0892. The monoisotopic (exact) mass is 272 g/mol. The summed E-state index contributed by atoms with van der Waals surface area (Å²) < 4.78 is 10.2. The number of ether oxygens (including phenoxy) is 1. The summed E-state index contributed by atoms with van der Waals surface area (Å²) in [6.07, 6.45) is 1.66. The standard InChI is InChI=1S/C15H16N2O3/c1-2-9-19-10-8-16-15(18)14-11-13(17-20-14)12-6-4-3-5-7-12/h2-7,11H,1,8-10H2,(H,16,18). The van der Waals surface area contributed by atoms with Crippen molar-refractivity contribution in [3.8, 4) is 11.3 Å². The van der Waals surface area contributed by atoms with Gasteiger partial charge in [0.1, 0.15) is 5.69 Å². The Labute approximate surface area is 117 Å². The van der Waals surface area contributed by atoms with Crippen LogP contribution in [0.3, 0.4) is 0 Å². The van der Waals surface area contributed by atoms with Gasteiger partial charge in [0.25, 0.3) is 5.91 Å². The molecule has 0 aliphatic heterocycles. The van der Waals surface area contributed by atoms with Crippen molar-refractivity contribution in [3.05, 3.63) is 54.8 Å². The van der Waals surface area contributed by atoms with Crippen LogP contribution in [0.5, 0.6) is 0 Å². The highest BCUT2D eigenvalue weighted by molar-refractivity contribution is 5.92. The van der Waals surface area contributed by atoms with Crippen LogP contribution in [-0.4, -0.2) is 30.8 Å². The van der Waals surface area contributed by atoms with Crippen molar-refractivity contribution >= 4 is 5.91 Å². The quantitative estimate of drug-likeness (QED) is 0.620. The number of hydrogen-bond donors (Lipinski definition) is 1. The fourth-order valence-electron chi connectivity index (χ4n) is 1.62. The zero-order chi connectivity index (χ0) is 14.2. The van der Waals surface area contributed by atoms with Crippen LogP contribution in [0.4, 0.5) is 0 Å². The highest BCUT2D eigenvalue weighted by Crippen LogP contribution is 2.18. The van der Waals surface area contributed by atoms with Gasteiger partial charge in [0.15, 0.2) is 0 Å². The fourth-order valence-corrected chi connectivity index (χ4v) is 1.62. The molecule has 0 spiro atoms. The Morgan fingerprint density at radius 3 is 2.95 bits per heavy atom. The molecule has 0 saturated carbocycles. The lowest BCUT2D eigenvalue weighted by Crippen LogP contribution is -2.26. The maximum atomic E-state index is 11.8. The molecule has 0 fully saturated rings. The zero-order valence-corrected chi connectivity index (χ0v) is 11.0. The van der Waals surface area contributed by atoms with Crippen molar-refractivity contribution in [1.29, 1.82) is 0 Å². The average Bonchev–Trinajstić information content (AvgIpc) is 2.98. The molecule has 0 bridgehead atoms. The van der Waals surface area contributed by atoms with E-state index in [4.69, 9.17) is 9.26 Å². The summed E-state index contributed by atoms with van der Waals surface area (Å²) in [6.45, 7) is 4.84. The molecular weight excluding hydrogens is 256 g/mol. The van der Waals surface area contributed by atoms with Crippen LogP contribution in [0, 0.1) is 0 Å². The van der Waals surface area contributed by atoms with E-state index in [1.807, 2.05) is 30.3 Å². The third-order valence-corrected chi connectivity index (χ3v) is 2.57. The summed E-state index contributed by atoms with van der Waals surface area (Å²) in [7, 11) is 0.